The third-order valence-electron chi connectivity index (χ3n) is 2.33. The van der Waals surface area contributed by atoms with Crippen LogP contribution >= 0.6 is 0 Å². The van der Waals surface area contributed by atoms with Crippen molar-refractivity contribution in [3.8, 4) is 5.75 Å². The summed E-state index contributed by atoms with van der Waals surface area (Å²) in [7, 11) is 1.59. The normalized spacial score (nSPS) is 10.2. The minimum absolute atomic E-state index is 0.243. The average molecular weight is 208 g/mol. The maximum atomic E-state index is 9.59. The first-order chi connectivity index (χ1) is 7.06. The third kappa shape index (κ3) is 2.98. The van der Waals surface area contributed by atoms with Crippen LogP contribution in [-0.2, 0) is 4.74 Å². The van der Waals surface area contributed by atoms with Gasteiger partial charge in [-0.1, -0.05) is 17.9 Å². The fraction of sp³-hybridized carbons (Fsp3) is 0.455. The lowest BCUT2D eigenvalue weighted by atomic mass is 9.61. The highest BCUT2D eigenvalue weighted by atomic mass is 16.7. The summed E-state index contributed by atoms with van der Waals surface area (Å²) in [6.07, 6.45) is 0. The Balaban J connectivity index is 2.97. The predicted molar refractivity (Wildman–Crippen MR) is 61.9 cm³/mol. The van der Waals surface area contributed by atoms with E-state index >= 15 is 0 Å². The molecule has 0 bridgehead atoms. The summed E-state index contributed by atoms with van der Waals surface area (Å²) in [5, 5.41) is 9.59. The number of methoxy groups -OCH3 is 1. The molecule has 1 aromatic rings. The summed E-state index contributed by atoms with van der Waals surface area (Å²) in [4.78, 5) is 0. The molecule has 0 aliphatic rings. The molecule has 0 saturated heterocycles. The molecule has 3 nitrogen and oxygen atoms in total. The van der Waals surface area contributed by atoms with Gasteiger partial charge in [0.15, 0.2) is 6.79 Å². The van der Waals surface area contributed by atoms with Crippen LogP contribution in [-0.4, -0.2) is 25.8 Å². The van der Waals surface area contributed by atoms with E-state index < -0.39 is 6.92 Å². The van der Waals surface area contributed by atoms with Crippen LogP contribution < -0.4 is 10.2 Å². The summed E-state index contributed by atoms with van der Waals surface area (Å²) < 4.78 is 10.2. The van der Waals surface area contributed by atoms with Crippen molar-refractivity contribution in [2.75, 3.05) is 13.9 Å². The second-order valence-electron chi connectivity index (χ2n) is 3.70. The number of benzene rings is 1. The molecular weight excluding hydrogens is 191 g/mol. The van der Waals surface area contributed by atoms with E-state index in [1.54, 1.807) is 13.9 Å². The van der Waals surface area contributed by atoms with Gasteiger partial charge in [0, 0.05) is 7.11 Å². The summed E-state index contributed by atoms with van der Waals surface area (Å²) in [5.41, 5.74) is 3.05. The summed E-state index contributed by atoms with van der Waals surface area (Å²) in [5.74, 6) is 0.774. The smallest absolute Gasteiger partial charge is 0.320 e. The number of rotatable bonds is 4. The van der Waals surface area contributed by atoms with E-state index in [-0.39, 0.29) is 6.79 Å². The van der Waals surface area contributed by atoms with Gasteiger partial charge in [-0.05, 0) is 31.4 Å². The lowest BCUT2D eigenvalue weighted by Crippen LogP contribution is -2.31. The first kappa shape index (κ1) is 12.1. The molecule has 82 valence electrons. The monoisotopic (exact) mass is 208 g/mol. The van der Waals surface area contributed by atoms with Crippen molar-refractivity contribution in [3.63, 3.8) is 0 Å². The van der Waals surface area contributed by atoms with Crippen LogP contribution in [0.25, 0.3) is 0 Å². The highest BCUT2D eigenvalue weighted by molar-refractivity contribution is 6.65. The van der Waals surface area contributed by atoms with Gasteiger partial charge in [0.25, 0.3) is 0 Å². The Kier molecular flexibility index (Phi) is 4.18. The zero-order valence-corrected chi connectivity index (χ0v) is 9.70. The van der Waals surface area contributed by atoms with E-state index in [2.05, 4.69) is 0 Å². The van der Waals surface area contributed by atoms with Gasteiger partial charge in [-0.3, -0.25) is 0 Å². The minimum atomic E-state index is -0.443. The zero-order chi connectivity index (χ0) is 11.4. The fourth-order valence-electron chi connectivity index (χ4n) is 1.80. The standard InChI is InChI=1S/C11H17BO3/c1-8-5-10(15-7-14-4)6-9(2)11(8)12(3)13/h5-6,13H,7H2,1-4H3. The number of aryl methyl sites for hydroxylation is 2. The predicted octanol–water partition coefficient (Wildman–Crippen LogP) is 1.11. The minimum Gasteiger partial charge on any atom is -0.468 e. The summed E-state index contributed by atoms with van der Waals surface area (Å²) in [6.45, 7) is 5.50. The van der Waals surface area contributed by atoms with Crippen LogP contribution in [0.15, 0.2) is 12.1 Å². The van der Waals surface area contributed by atoms with Gasteiger partial charge in [0.05, 0.1) is 0 Å². The molecule has 0 saturated carbocycles. The lowest BCUT2D eigenvalue weighted by Gasteiger charge is -2.13. The van der Waals surface area contributed by atoms with Gasteiger partial charge in [0.1, 0.15) is 5.75 Å². The van der Waals surface area contributed by atoms with Crippen LogP contribution in [0, 0.1) is 13.8 Å². The number of hydrogen-bond donors (Lipinski definition) is 1. The quantitative estimate of drug-likeness (QED) is 0.594. The second-order valence-corrected chi connectivity index (χ2v) is 3.70. The Bertz CT molecular complexity index is 314. The van der Waals surface area contributed by atoms with Crippen molar-refractivity contribution in [1.82, 2.24) is 0 Å². The Morgan fingerprint density at radius 2 is 1.80 bits per heavy atom. The topological polar surface area (TPSA) is 38.7 Å². The van der Waals surface area contributed by atoms with E-state index in [4.69, 9.17) is 9.47 Å². The maximum absolute atomic E-state index is 9.59. The molecule has 4 heteroatoms. The van der Waals surface area contributed by atoms with Crippen molar-refractivity contribution in [3.05, 3.63) is 23.3 Å². The molecule has 0 radical (unpaired) electrons. The second kappa shape index (κ2) is 5.19. The number of hydrogen-bond acceptors (Lipinski definition) is 3. The molecule has 0 aliphatic carbocycles. The van der Waals surface area contributed by atoms with Gasteiger partial charge < -0.3 is 14.5 Å². The molecule has 15 heavy (non-hydrogen) atoms. The van der Waals surface area contributed by atoms with Crippen molar-refractivity contribution < 1.29 is 14.5 Å². The lowest BCUT2D eigenvalue weighted by molar-refractivity contribution is 0.0511. The van der Waals surface area contributed by atoms with E-state index in [0.29, 0.717) is 0 Å². The van der Waals surface area contributed by atoms with E-state index in [1.807, 2.05) is 26.0 Å². The van der Waals surface area contributed by atoms with E-state index in [9.17, 15) is 5.02 Å². The third-order valence-corrected chi connectivity index (χ3v) is 2.33. The van der Waals surface area contributed by atoms with Crippen LogP contribution in [0.4, 0.5) is 0 Å². The van der Waals surface area contributed by atoms with Crippen molar-refractivity contribution in [2.24, 2.45) is 0 Å². The Labute approximate surface area is 91.1 Å². The molecule has 0 amide bonds. The highest BCUT2D eigenvalue weighted by Crippen LogP contribution is 2.15. The highest BCUT2D eigenvalue weighted by Gasteiger charge is 2.14. The Morgan fingerprint density at radius 1 is 1.27 bits per heavy atom. The average Bonchev–Trinajstić information content (AvgIpc) is 2.12. The van der Waals surface area contributed by atoms with Gasteiger partial charge in [-0.15, -0.1) is 0 Å². The molecule has 0 heterocycles. The van der Waals surface area contributed by atoms with Gasteiger partial charge >= 0.3 is 6.92 Å². The molecule has 1 rings (SSSR count). The molecule has 0 aromatic heterocycles. The van der Waals surface area contributed by atoms with Crippen molar-refractivity contribution in [2.45, 2.75) is 20.7 Å². The SMILES string of the molecule is COCOc1cc(C)c(B(C)O)c(C)c1. The van der Waals surface area contributed by atoms with Gasteiger partial charge in [-0.2, -0.15) is 0 Å². The Morgan fingerprint density at radius 3 is 2.20 bits per heavy atom. The molecular formula is C11H17BO3. The fourth-order valence-corrected chi connectivity index (χ4v) is 1.80. The van der Waals surface area contributed by atoms with Gasteiger partial charge in [0.2, 0.25) is 0 Å². The molecule has 1 N–H and O–H groups in total. The summed E-state index contributed by atoms with van der Waals surface area (Å²) in [6, 6.07) is 3.82. The van der Waals surface area contributed by atoms with Crippen molar-refractivity contribution >= 4 is 12.4 Å². The molecule has 0 atom stereocenters. The van der Waals surface area contributed by atoms with Crippen LogP contribution in [0.5, 0.6) is 5.75 Å². The summed E-state index contributed by atoms with van der Waals surface area (Å²) >= 11 is 0. The van der Waals surface area contributed by atoms with Crippen LogP contribution in [0.3, 0.4) is 0 Å². The zero-order valence-electron chi connectivity index (χ0n) is 9.70. The van der Waals surface area contributed by atoms with Gasteiger partial charge in [-0.25, -0.2) is 0 Å². The van der Waals surface area contributed by atoms with Crippen molar-refractivity contribution in [1.29, 1.82) is 0 Å². The molecule has 1 aromatic carbocycles. The van der Waals surface area contributed by atoms with Crippen LogP contribution in [0.1, 0.15) is 11.1 Å². The Hall–Kier alpha value is -0.995. The molecule has 0 aliphatic heterocycles. The maximum Gasteiger partial charge on any atom is 0.320 e. The van der Waals surface area contributed by atoms with E-state index in [0.717, 1.165) is 22.3 Å². The first-order valence-electron chi connectivity index (χ1n) is 4.97. The molecule has 0 spiro atoms. The first-order valence-corrected chi connectivity index (χ1v) is 4.97. The van der Waals surface area contributed by atoms with Crippen LogP contribution in [0.2, 0.25) is 6.82 Å². The molecule has 0 unspecified atom stereocenters. The molecule has 0 fully saturated rings. The number of ether oxygens (including phenoxy) is 2. The largest absolute Gasteiger partial charge is 0.468 e. The van der Waals surface area contributed by atoms with E-state index in [1.165, 1.54) is 0 Å².